The summed E-state index contributed by atoms with van der Waals surface area (Å²) in [4.78, 5) is 15.1. The van der Waals surface area contributed by atoms with Gasteiger partial charge in [0.25, 0.3) is 0 Å². The minimum Gasteiger partial charge on any atom is -0.333 e. The van der Waals surface area contributed by atoms with Crippen LogP contribution in [0.15, 0.2) is 52.5 Å². The van der Waals surface area contributed by atoms with Crippen molar-refractivity contribution in [2.45, 2.75) is 31.9 Å². The maximum Gasteiger partial charge on any atom is 0.316 e. The zero-order valence-electron chi connectivity index (χ0n) is 15.2. The molecule has 1 atom stereocenters. The maximum atomic E-state index is 13.1. The summed E-state index contributed by atoms with van der Waals surface area (Å²) in [5, 5.41) is 9.98. The topological polar surface area (TPSA) is 78.5 Å². The van der Waals surface area contributed by atoms with Crippen LogP contribution in [0.25, 0.3) is 0 Å². The summed E-state index contributed by atoms with van der Waals surface area (Å²) in [5.74, 6) is 0. The Morgan fingerprint density at radius 1 is 0.964 bits per heavy atom. The molecule has 0 aliphatic heterocycles. The third-order valence-electron chi connectivity index (χ3n) is 3.97. The Morgan fingerprint density at radius 3 is 1.93 bits per heavy atom. The molecule has 0 aromatic carbocycles. The Balaban J connectivity index is 1.66. The van der Waals surface area contributed by atoms with E-state index in [2.05, 4.69) is 10.6 Å². The summed E-state index contributed by atoms with van der Waals surface area (Å²) in [7, 11) is -3.74. The smallest absolute Gasteiger partial charge is 0.316 e. The fourth-order valence-electron chi connectivity index (χ4n) is 2.50. The molecule has 10 heteroatoms. The second-order valence-corrected chi connectivity index (χ2v) is 11.4. The maximum absolute atomic E-state index is 13.1. The van der Waals surface area contributed by atoms with Crippen molar-refractivity contribution in [1.82, 2.24) is 14.9 Å². The van der Waals surface area contributed by atoms with Gasteiger partial charge in [-0.05, 0) is 41.3 Å². The number of hydrogen-bond acceptors (Lipinski definition) is 6. The Labute approximate surface area is 176 Å². The van der Waals surface area contributed by atoms with Crippen LogP contribution in [0.1, 0.15) is 21.6 Å². The van der Waals surface area contributed by atoms with Crippen molar-refractivity contribution < 1.29 is 13.2 Å². The van der Waals surface area contributed by atoms with Gasteiger partial charge in [0.05, 0.1) is 6.54 Å². The number of sulfonamides is 1. The van der Waals surface area contributed by atoms with Crippen LogP contribution in [0.4, 0.5) is 4.79 Å². The molecule has 0 bridgehead atoms. The van der Waals surface area contributed by atoms with E-state index in [9.17, 15) is 13.2 Å². The van der Waals surface area contributed by atoms with Gasteiger partial charge in [0.2, 0.25) is 10.0 Å². The van der Waals surface area contributed by atoms with E-state index in [1.165, 1.54) is 45.2 Å². The van der Waals surface area contributed by atoms with E-state index in [-0.39, 0.29) is 13.1 Å². The summed E-state index contributed by atoms with van der Waals surface area (Å²) < 4.78 is 27.7. The summed E-state index contributed by atoms with van der Waals surface area (Å²) in [6.45, 7) is 2.42. The molecule has 150 valence electrons. The fourth-order valence-corrected chi connectivity index (χ4v) is 6.09. The van der Waals surface area contributed by atoms with Gasteiger partial charge in [0.1, 0.15) is 5.37 Å². The third-order valence-corrected chi connectivity index (χ3v) is 8.56. The summed E-state index contributed by atoms with van der Waals surface area (Å²) in [6, 6.07) is 10.9. The van der Waals surface area contributed by atoms with Gasteiger partial charge in [-0.2, -0.15) is 4.31 Å². The van der Waals surface area contributed by atoms with Crippen LogP contribution in [0.5, 0.6) is 0 Å². The molecule has 0 fully saturated rings. The van der Waals surface area contributed by atoms with Crippen LogP contribution < -0.4 is 10.6 Å². The van der Waals surface area contributed by atoms with Gasteiger partial charge in [0, 0.05) is 27.7 Å². The van der Waals surface area contributed by atoms with Gasteiger partial charge < -0.3 is 10.6 Å². The Bertz CT molecular complexity index is 916. The van der Waals surface area contributed by atoms with Gasteiger partial charge >= 0.3 is 6.03 Å². The number of amides is 2. The van der Waals surface area contributed by atoms with Gasteiger partial charge in [0.15, 0.2) is 0 Å². The number of carbonyl (C=O) groups is 1. The zero-order valence-corrected chi connectivity index (χ0v) is 18.5. The quantitative estimate of drug-likeness (QED) is 0.511. The predicted octanol–water partition coefficient (Wildman–Crippen LogP) is 4.05. The fraction of sp³-hybridized carbons (Fsp3) is 0.278. The Hall–Kier alpha value is -1.72. The number of nitrogens with one attached hydrogen (secondary N) is 2. The van der Waals surface area contributed by atoms with Crippen molar-refractivity contribution in [2.24, 2.45) is 0 Å². The van der Waals surface area contributed by atoms with Crippen LogP contribution in [0.2, 0.25) is 0 Å². The Morgan fingerprint density at radius 2 is 1.46 bits per heavy atom. The second-order valence-electron chi connectivity index (χ2n) is 6.02. The molecular weight excluding hydrogens is 434 g/mol. The molecule has 0 saturated carbocycles. The van der Waals surface area contributed by atoms with Gasteiger partial charge in [-0.1, -0.05) is 18.2 Å². The van der Waals surface area contributed by atoms with E-state index in [1.807, 2.05) is 52.5 Å². The van der Waals surface area contributed by atoms with E-state index in [0.717, 1.165) is 14.6 Å². The molecule has 3 aromatic heterocycles. The minimum absolute atomic E-state index is 0.279. The lowest BCUT2D eigenvalue weighted by Gasteiger charge is -2.25. The molecule has 2 N–H and O–H groups in total. The second kappa shape index (κ2) is 9.66. The van der Waals surface area contributed by atoms with Crippen LogP contribution in [0.3, 0.4) is 0 Å². The van der Waals surface area contributed by atoms with E-state index in [4.69, 9.17) is 0 Å². The third kappa shape index (κ3) is 5.65. The van der Waals surface area contributed by atoms with Crippen molar-refractivity contribution >= 4 is 50.1 Å². The zero-order chi connectivity index (χ0) is 20.0. The normalized spacial score (nSPS) is 12.8. The van der Waals surface area contributed by atoms with Crippen LogP contribution in [-0.2, 0) is 29.7 Å². The molecule has 0 radical (unpaired) electrons. The summed E-state index contributed by atoms with van der Waals surface area (Å²) >= 11 is 4.55. The lowest BCUT2D eigenvalue weighted by molar-refractivity contribution is 0.239. The van der Waals surface area contributed by atoms with Crippen molar-refractivity contribution in [3.8, 4) is 0 Å². The van der Waals surface area contributed by atoms with Crippen molar-refractivity contribution in [1.29, 1.82) is 0 Å². The minimum atomic E-state index is -3.74. The molecule has 0 saturated heterocycles. The number of hydrogen-bond donors (Lipinski definition) is 2. The lowest BCUT2D eigenvalue weighted by atomic mass is 10.4. The number of thiophene rings is 3. The number of nitrogens with zero attached hydrogens (tertiary/aromatic N) is 1. The summed E-state index contributed by atoms with van der Waals surface area (Å²) in [6.07, 6.45) is 0. The highest BCUT2D eigenvalue weighted by Crippen LogP contribution is 2.21. The molecule has 3 aromatic rings. The number of urea groups is 1. The van der Waals surface area contributed by atoms with Crippen molar-refractivity contribution in [2.75, 3.05) is 0 Å². The first-order chi connectivity index (χ1) is 13.4. The van der Waals surface area contributed by atoms with E-state index >= 15 is 0 Å². The van der Waals surface area contributed by atoms with E-state index in [1.54, 1.807) is 0 Å². The first-order valence-corrected chi connectivity index (χ1v) is 12.7. The van der Waals surface area contributed by atoms with Gasteiger partial charge in [-0.3, -0.25) is 0 Å². The molecule has 0 spiro atoms. The van der Waals surface area contributed by atoms with Crippen molar-refractivity contribution in [3.63, 3.8) is 0 Å². The lowest BCUT2D eigenvalue weighted by Crippen LogP contribution is -2.48. The molecular formula is C18H21N3O3S4. The number of rotatable bonds is 9. The monoisotopic (exact) mass is 455 g/mol. The average Bonchev–Trinajstić information content (AvgIpc) is 3.42. The predicted molar refractivity (Wildman–Crippen MR) is 116 cm³/mol. The first-order valence-electron chi connectivity index (χ1n) is 8.55. The van der Waals surface area contributed by atoms with E-state index < -0.39 is 21.4 Å². The highest BCUT2D eigenvalue weighted by atomic mass is 32.2. The first kappa shape index (κ1) is 21.0. The molecule has 2 amide bonds. The standard InChI is InChI=1S/C18H21N3O3S4/c1-14(20-18(22)19-11-15-5-2-8-25-15)28(23,24)21(12-16-6-3-9-26-16)13-17-7-4-10-27-17/h2-10,14H,11-13H2,1H3,(H2,19,20,22). The molecule has 3 heterocycles. The molecule has 6 nitrogen and oxygen atoms in total. The van der Waals surface area contributed by atoms with Crippen LogP contribution in [0, 0.1) is 0 Å². The summed E-state index contributed by atoms with van der Waals surface area (Å²) in [5.41, 5.74) is 0. The van der Waals surface area contributed by atoms with Gasteiger partial charge in [-0.25, -0.2) is 13.2 Å². The molecule has 28 heavy (non-hydrogen) atoms. The van der Waals surface area contributed by atoms with Crippen LogP contribution in [-0.4, -0.2) is 24.1 Å². The highest BCUT2D eigenvalue weighted by Gasteiger charge is 2.30. The van der Waals surface area contributed by atoms with Crippen molar-refractivity contribution in [3.05, 3.63) is 67.2 Å². The Kier molecular flexibility index (Phi) is 7.24. The molecule has 3 rings (SSSR count). The average molecular weight is 456 g/mol. The van der Waals surface area contributed by atoms with E-state index in [0.29, 0.717) is 6.54 Å². The molecule has 1 unspecified atom stereocenters. The van der Waals surface area contributed by atoms with Crippen LogP contribution >= 0.6 is 34.0 Å². The molecule has 0 aliphatic rings. The number of carbonyl (C=O) groups excluding carboxylic acids is 1. The molecule has 0 aliphatic carbocycles. The van der Waals surface area contributed by atoms with Gasteiger partial charge in [-0.15, -0.1) is 34.0 Å². The SMILES string of the molecule is CC(NC(=O)NCc1cccs1)S(=O)(=O)N(Cc1cccs1)Cc1cccs1. The largest absolute Gasteiger partial charge is 0.333 e. The highest BCUT2D eigenvalue weighted by molar-refractivity contribution is 7.89.